The lowest BCUT2D eigenvalue weighted by Crippen LogP contribution is -2.32. The van der Waals surface area contributed by atoms with E-state index in [1.165, 1.54) is 4.90 Å². The number of anilines is 1. The molecule has 5 heteroatoms. The van der Waals surface area contributed by atoms with Gasteiger partial charge in [0, 0.05) is 31.8 Å². The highest BCUT2D eigenvalue weighted by Crippen LogP contribution is 2.24. The van der Waals surface area contributed by atoms with Gasteiger partial charge in [0.2, 0.25) is 5.91 Å². The normalized spacial score (nSPS) is 16.7. The van der Waals surface area contributed by atoms with E-state index in [2.05, 4.69) is 17.6 Å². The molecule has 0 radical (unpaired) electrons. The molecule has 1 atom stereocenters. The molecule has 1 heterocycles. The van der Waals surface area contributed by atoms with E-state index in [1.54, 1.807) is 38.4 Å². The first-order valence-electron chi connectivity index (χ1n) is 8.29. The summed E-state index contributed by atoms with van der Waals surface area (Å²) in [6.45, 7) is 4.27. The van der Waals surface area contributed by atoms with Crippen molar-refractivity contribution >= 4 is 17.5 Å². The number of carbonyl (C=O) groups excluding carboxylic acids is 2. The number of amides is 2. The van der Waals surface area contributed by atoms with Gasteiger partial charge in [-0.2, -0.15) is 0 Å². The van der Waals surface area contributed by atoms with Crippen LogP contribution in [0.4, 0.5) is 5.69 Å². The minimum atomic E-state index is -0.0394. The summed E-state index contributed by atoms with van der Waals surface area (Å²) in [4.78, 5) is 25.6. The summed E-state index contributed by atoms with van der Waals surface area (Å²) in [5, 5.41) is 6.28. The molecule has 126 valence electrons. The summed E-state index contributed by atoms with van der Waals surface area (Å²) < 4.78 is 0. The highest BCUT2D eigenvalue weighted by molar-refractivity contribution is 5.95. The zero-order valence-corrected chi connectivity index (χ0v) is 14.3. The van der Waals surface area contributed by atoms with Crippen LogP contribution in [0, 0.1) is 11.8 Å². The summed E-state index contributed by atoms with van der Waals surface area (Å²) in [7, 11) is 3.44. The molecule has 1 saturated heterocycles. The maximum absolute atomic E-state index is 12.2. The standard InChI is InChI=1S/C18H27N3O2/c1-13(14-8-10-19-11-9-14)12-17(22)20-16-6-4-15(5-7-16)18(23)21(2)3/h4-7,13-14,19H,8-12H2,1-3H3,(H,20,22). The first-order chi connectivity index (χ1) is 11.0. The quantitative estimate of drug-likeness (QED) is 0.876. The van der Waals surface area contributed by atoms with Crippen molar-refractivity contribution in [3.63, 3.8) is 0 Å². The lowest BCUT2D eigenvalue weighted by atomic mass is 9.84. The molecule has 23 heavy (non-hydrogen) atoms. The second kappa shape index (κ2) is 8.11. The Morgan fingerprint density at radius 3 is 2.39 bits per heavy atom. The molecule has 0 bridgehead atoms. The number of carbonyl (C=O) groups is 2. The smallest absolute Gasteiger partial charge is 0.253 e. The molecule has 1 aromatic rings. The lowest BCUT2D eigenvalue weighted by molar-refractivity contribution is -0.117. The maximum Gasteiger partial charge on any atom is 0.253 e. The number of nitrogens with one attached hydrogen (secondary N) is 2. The van der Waals surface area contributed by atoms with E-state index in [9.17, 15) is 9.59 Å². The van der Waals surface area contributed by atoms with Crippen LogP contribution in [0.25, 0.3) is 0 Å². The average Bonchev–Trinajstić information content (AvgIpc) is 2.55. The van der Waals surface area contributed by atoms with Crippen molar-refractivity contribution in [3.05, 3.63) is 29.8 Å². The number of rotatable bonds is 5. The van der Waals surface area contributed by atoms with E-state index < -0.39 is 0 Å². The zero-order valence-electron chi connectivity index (χ0n) is 14.3. The van der Waals surface area contributed by atoms with E-state index in [0.717, 1.165) is 31.6 Å². The van der Waals surface area contributed by atoms with Crippen molar-refractivity contribution in [1.82, 2.24) is 10.2 Å². The fourth-order valence-corrected chi connectivity index (χ4v) is 3.04. The monoisotopic (exact) mass is 317 g/mol. The highest BCUT2D eigenvalue weighted by Gasteiger charge is 2.22. The molecule has 2 amide bonds. The van der Waals surface area contributed by atoms with Gasteiger partial charge < -0.3 is 15.5 Å². The fourth-order valence-electron chi connectivity index (χ4n) is 3.04. The Bertz CT molecular complexity index is 534. The van der Waals surface area contributed by atoms with E-state index in [0.29, 0.717) is 23.8 Å². The Morgan fingerprint density at radius 2 is 1.83 bits per heavy atom. The van der Waals surface area contributed by atoms with Crippen LogP contribution in [-0.2, 0) is 4.79 Å². The van der Waals surface area contributed by atoms with Crippen LogP contribution in [0.15, 0.2) is 24.3 Å². The third-order valence-corrected chi connectivity index (χ3v) is 4.52. The third-order valence-electron chi connectivity index (χ3n) is 4.52. The SMILES string of the molecule is CC(CC(=O)Nc1ccc(C(=O)N(C)C)cc1)C1CCNCC1. The topological polar surface area (TPSA) is 61.4 Å². The number of hydrogen-bond acceptors (Lipinski definition) is 3. The van der Waals surface area contributed by atoms with Crippen LogP contribution in [-0.4, -0.2) is 43.9 Å². The van der Waals surface area contributed by atoms with Gasteiger partial charge in [-0.25, -0.2) is 0 Å². The van der Waals surface area contributed by atoms with Crippen molar-refractivity contribution in [1.29, 1.82) is 0 Å². The Hall–Kier alpha value is -1.88. The molecule has 1 unspecified atom stereocenters. The molecule has 2 rings (SSSR count). The van der Waals surface area contributed by atoms with Gasteiger partial charge in [0.15, 0.2) is 0 Å². The van der Waals surface area contributed by atoms with Crippen molar-refractivity contribution in [2.45, 2.75) is 26.2 Å². The lowest BCUT2D eigenvalue weighted by Gasteiger charge is -2.27. The maximum atomic E-state index is 12.2. The molecule has 5 nitrogen and oxygen atoms in total. The van der Waals surface area contributed by atoms with Gasteiger partial charge in [-0.05, 0) is 62.0 Å². The zero-order chi connectivity index (χ0) is 16.8. The van der Waals surface area contributed by atoms with Gasteiger partial charge in [-0.1, -0.05) is 6.92 Å². The van der Waals surface area contributed by atoms with Gasteiger partial charge in [-0.3, -0.25) is 9.59 Å². The van der Waals surface area contributed by atoms with Gasteiger partial charge in [0.1, 0.15) is 0 Å². The third kappa shape index (κ3) is 5.06. The van der Waals surface area contributed by atoms with Gasteiger partial charge in [0.05, 0.1) is 0 Å². The van der Waals surface area contributed by atoms with E-state index in [-0.39, 0.29) is 11.8 Å². The molecule has 2 N–H and O–H groups in total. The molecular formula is C18H27N3O2. The highest BCUT2D eigenvalue weighted by atomic mass is 16.2. The van der Waals surface area contributed by atoms with Crippen molar-refractivity contribution in [3.8, 4) is 0 Å². The second-order valence-electron chi connectivity index (χ2n) is 6.59. The summed E-state index contributed by atoms with van der Waals surface area (Å²) >= 11 is 0. The molecular weight excluding hydrogens is 290 g/mol. The summed E-state index contributed by atoms with van der Waals surface area (Å²) in [5.74, 6) is 1.03. The Kier molecular flexibility index (Phi) is 6.16. The average molecular weight is 317 g/mol. The van der Waals surface area contributed by atoms with E-state index in [1.807, 2.05) is 0 Å². The van der Waals surface area contributed by atoms with E-state index >= 15 is 0 Å². The van der Waals surface area contributed by atoms with Crippen LogP contribution in [0.3, 0.4) is 0 Å². The molecule has 0 spiro atoms. The summed E-state index contributed by atoms with van der Waals surface area (Å²) in [6, 6.07) is 7.05. The largest absolute Gasteiger partial charge is 0.345 e. The Morgan fingerprint density at radius 1 is 1.22 bits per heavy atom. The van der Waals surface area contributed by atoms with Crippen molar-refractivity contribution in [2.24, 2.45) is 11.8 Å². The van der Waals surface area contributed by atoms with Crippen LogP contribution in [0.1, 0.15) is 36.5 Å². The number of hydrogen-bond donors (Lipinski definition) is 2. The predicted octanol–water partition coefficient (Wildman–Crippen LogP) is 2.35. The van der Waals surface area contributed by atoms with Gasteiger partial charge in [-0.15, -0.1) is 0 Å². The molecule has 0 aliphatic carbocycles. The van der Waals surface area contributed by atoms with Crippen LogP contribution >= 0.6 is 0 Å². The van der Waals surface area contributed by atoms with Crippen molar-refractivity contribution in [2.75, 3.05) is 32.5 Å². The number of nitrogens with zero attached hydrogens (tertiary/aromatic N) is 1. The molecule has 1 aliphatic heterocycles. The molecule has 1 fully saturated rings. The molecule has 1 aromatic carbocycles. The minimum Gasteiger partial charge on any atom is -0.345 e. The van der Waals surface area contributed by atoms with Crippen LogP contribution in [0.2, 0.25) is 0 Å². The first-order valence-corrected chi connectivity index (χ1v) is 8.29. The summed E-state index contributed by atoms with van der Waals surface area (Å²) in [5.41, 5.74) is 1.36. The van der Waals surface area contributed by atoms with E-state index in [4.69, 9.17) is 0 Å². The van der Waals surface area contributed by atoms with Crippen LogP contribution < -0.4 is 10.6 Å². The first kappa shape index (κ1) is 17.5. The Balaban J connectivity index is 1.86. The van der Waals surface area contributed by atoms with Crippen LogP contribution in [0.5, 0.6) is 0 Å². The van der Waals surface area contributed by atoms with Gasteiger partial charge in [0.25, 0.3) is 5.91 Å². The van der Waals surface area contributed by atoms with Crippen molar-refractivity contribution < 1.29 is 9.59 Å². The van der Waals surface area contributed by atoms with Gasteiger partial charge >= 0.3 is 0 Å². The molecule has 0 saturated carbocycles. The predicted molar refractivity (Wildman–Crippen MR) is 92.5 cm³/mol. The number of benzene rings is 1. The number of piperidine rings is 1. The second-order valence-corrected chi connectivity index (χ2v) is 6.59. The fraction of sp³-hybridized carbons (Fsp3) is 0.556. The molecule has 1 aliphatic rings. The Labute approximate surface area is 138 Å². The summed E-state index contributed by atoms with van der Waals surface area (Å²) in [6.07, 6.45) is 2.84. The minimum absolute atomic E-state index is 0.0394. The molecule has 0 aromatic heterocycles.